The first kappa shape index (κ1) is 31.9. The number of ether oxygens (including phenoxy) is 1. The minimum atomic E-state index is -0.964. The van der Waals surface area contributed by atoms with Gasteiger partial charge in [-0.25, -0.2) is 0 Å². The van der Waals surface area contributed by atoms with Gasteiger partial charge >= 0.3 is 41.2 Å². The van der Waals surface area contributed by atoms with Gasteiger partial charge in [-0.2, -0.15) is 0 Å². The average Bonchev–Trinajstić information content (AvgIpc) is 3.25. The van der Waals surface area contributed by atoms with Crippen molar-refractivity contribution in [2.24, 2.45) is 0 Å². The monoisotopic (exact) mass is 508 g/mol. The maximum atomic E-state index is 10.0. The maximum Gasteiger partial charge on any atom is 0.636 e. The molecule has 4 N–H and O–H groups in total. The lowest BCUT2D eigenvalue weighted by atomic mass is 10.2. The summed E-state index contributed by atoms with van der Waals surface area (Å²) < 4.78 is 41.0. The van der Waals surface area contributed by atoms with Crippen molar-refractivity contribution in [2.45, 2.75) is 38.5 Å². The summed E-state index contributed by atoms with van der Waals surface area (Å²) in [7, 11) is -3.86. The summed E-state index contributed by atoms with van der Waals surface area (Å²) in [6, 6.07) is 0. The highest BCUT2D eigenvalue weighted by Crippen LogP contribution is 2.04. The molecule has 5 aliphatic heterocycles. The molecule has 5 saturated heterocycles. The average molecular weight is 508 g/mol. The molecule has 5 rings (SSSR count). The molecule has 0 unspecified atom stereocenters. The van der Waals surface area contributed by atoms with Gasteiger partial charge in [0.15, 0.2) is 0 Å². The van der Waals surface area contributed by atoms with Crippen LogP contribution in [-0.4, -0.2) is 114 Å². The van der Waals surface area contributed by atoms with E-state index in [1.807, 2.05) is 0 Å². The Morgan fingerprint density at radius 2 is 0.629 bits per heavy atom. The van der Waals surface area contributed by atoms with E-state index < -0.39 is 41.2 Å². The topological polar surface area (TPSA) is 198 Å². The fourth-order valence-corrected chi connectivity index (χ4v) is 2.33. The second-order valence-electron chi connectivity index (χ2n) is 6.95. The normalized spacial score (nSPS) is 22.2. The molecule has 0 bridgehead atoms. The molecule has 0 radical (unpaired) electrons. The zero-order chi connectivity index (χ0) is 25.7. The standard InChI is InChI=1S/C4H4O3.4C3H7BO3/c5-3-1-2-4(6)7-3;4*5-4-6-2-1-3-7-4/h1-2H2;4*5H,1-3H2. The maximum absolute atomic E-state index is 10.0. The molecule has 35 heavy (non-hydrogen) atoms. The van der Waals surface area contributed by atoms with Gasteiger partial charge in [0.1, 0.15) is 0 Å². The molecular weight excluding hydrogens is 475 g/mol. The van der Waals surface area contributed by atoms with E-state index >= 15 is 0 Å². The molecule has 19 heteroatoms. The summed E-state index contributed by atoms with van der Waals surface area (Å²) in [5.74, 6) is -0.796. The van der Waals surface area contributed by atoms with Crippen LogP contribution in [0.1, 0.15) is 38.5 Å². The van der Waals surface area contributed by atoms with Crippen LogP contribution in [0.4, 0.5) is 0 Å². The highest BCUT2D eigenvalue weighted by atomic mass is 16.7. The molecule has 0 amide bonds. The third kappa shape index (κ3) is 19.7. The SMILES string of the molecule is O=C1CCC(=O)O1.OB1OCCCO1.OB1OCCCO1.OB1OCCCO1.OB1OCCCO1. The fourth-order valence-electron chi connectivity index (χ4n) is 2.33. The van der Waals surface area contributed by atoms with Gasteiger partial charge in [0.2, 0.25) is 0 Å². The molecular formula is C16H32B4O15. The van der Waals surface area contributed by atoms with Crippen LogP contribution in [-0.2, 0) is 51.6 Å². The van der Waals surface area contributed by atoms with Crippen molar-refractivity contribution < 1.29 is 71.7 Å². The highest BCUT2D eigenvalue weighted by Gasteiger charge is 2.20. The quantitative estimate of drug-likeness (QED) is 0.152. The fraction of sp³-hybridized carbons (Fsp3) is 0.875. The van der Waals surface area contributed by atoms with Crippen LogP contribution >= 0.6 is 0 Å². The van der Waals surface area contributed by atoms with Gasteiger partial charge in [0, 0.05) is 52.9 Å². The summed E-state index contributed by atoms with van der Waals surface area (Å²) in [5.41, 5.74) is 0. The molecule has 0 saturated carbocycles. The number of esters is 2. The lowest BCUT2D eigenvalue weighted by molar-refractivity contribution is -0.152. The molecule has 0 atom stereocenters. The van der Waals surface area contributed by atoms with Gasteiger partial charge in [0.25, 0.3) is 0 Å². The van der Waals surface area contributed by atoms with Crippen LogP contribution in [0.5, 0.6) is 0 Å². The Balaban J connectivity index is 0.000000219. The molecule has 0 aromatic carbocycles. The van der Waals surface area contributed by atoms with Crippen LogP contribution in [0.25, 0.3) is 0 Å². The van der Waals surface area contributed by atoms with Crippen LogP contribution < -0.4 is 0 Å². The second kappa shape index (κ2) is 21.0. The number of carbonyl (C=O) groups is 2. The minimum Gasteiger partial charge on any atom is -0.402 e. The van der Waals surface area contributed by atoms with Gasteiger partial charge in [-0.1, -0.05) is 0 Å². The van der Waals surface area contributed by atoms with Crippen LogP contribution in [0.2, 0.25) is 0 Å². The zero-order valence-corrected chi connectivity index (χ0v) is 19.5. The van der Waals surface area contributed by atoms with Gasteiger partial charge in [0.05, 0.1) is 12.8 Å². The minimum absolute atomic E-state index is 0.263. The van der Waals surface area contributed by atoms with Gasteiger partial charge in [-0.05, 0) is 25.7 Å². The smallest absolute Gasteiger partial charge is 0.402 e. The Bertz CT molecular complexity index is 461. The van der Waals surface area contributed by atoms with E-state index in [2.05, 4.69) is 42.0 Å². The van der Waals surface area contributed by atoms with Crippen LogP contribution in [0, 0.1) is 0 Å². The van der Waals surface area contributed by atoms with Crippen molar-refractivity contribution >= 4 is 41.2 Å². The van der Waals surface area contributed by atoms with Crippen LogP contribution in [0.3, 0.4) is 0 Å². The number of cyclic esters (lactones) is 2. The van der Waals surface area contributed by atoms with E-state index in [4.69, 9.17) is 20.1 Å². The van der Waals surface area contributed by atoms with Gasteiger partial charge in [-0.15, -0.1) is 0 Å². The lowest BCUT2D eigenvalue weighted by Crippen LogP contribution is -2.29. The van der Waals surface area contributed by atoms with Crippen molar-refractivity contribution in [1.29, 1.82) is 0 Å². The Labute approximate surface area is 204 Å². The summed E-state index contributed by atoms with van der Waals surface area (Å²) in [6.45, 7) is 4.90. The lowest BCUT2D eigenvalue weighted by Gasteiger charge is -2.12. The molecule has 0 aliphatic carbocycles. The predicted molar refractivity (Wildman–Crippen MR) is 118 cm³/mol. The summed E-state index contributed by atoms with van der Waals surface area (Å²) in [4.78, 5) is 20.0. The summed E-state index contributed by atoms with van der Waals surface area (Å²) in [5, 5.41) is 33.9. The van der Waals surface area contributed by atoms with Gasteiger partial charge in [-0.3, -0.25) is 9.59 Å². The van der Waals surface area contributed by atoms with E-state index in [9.17, 15) is 9.59 Å². The van der Waals surface area contributed by atoms with Crippen molar-refractivity contribution in [1.82, 2.24) is 0 Å². The molecule has 198 valence electrons. The number of carbonyl (C=O) groups excluding carboxylic acids is 2. The molecule has 15 nitrogen and oxygen atoms in total. The van der Waals surface area contributed by atoms with Crippen molar-refractivity contribution in [3.05, 3.63) is 0 Å². The van der Waals surface area contributed by atoms with Crippen molar-refractivity contribution in [2.75, 3.05) is 52.9 Å². The zero-order valence-electron chi connectivity index (χ0n) is 19.5. The second-order valence-corrected chi connectivity index (χ2v) is 6.95. The third-order valence-electron chi connectivity index (χ3n) is 4.00. The van der Waals surface area contributed by atoms with E-state index in [-0.39, 0.29) is 12.8 Å². The Morgan fingerprint density at radius 3 is 0.714 bits per heavy atom. The van der Waals surface area contributed by atoms with Crippen molar-refractivity contribution in [3.63, 3.8) is 0 Å². The first-order valence-corrected chi connectivity index (χ1v) is 11.3. The first-order chi connectivity index (χ1) is 16.9. The Hall–Kier alpha value is -1.08. The van der Waals surface area contributed by atoms with Crippen LogP contribution in [0.15, 0.2) is 0 Å². The van der Waals surface area contributed by atoms with Gasteiger partial charge < -0.3 is 62.1 Å². The summed E-state index contributed by atoms with van der Waals surface area (Å²) in [6.07, 6.45) is 4.07. The summed E-state index contributed by atoms with van der Waals surface area (Å²) >= 11 is 0. The Morgan fingerprint density at radius 1 is 0.429 bits per heavy atom. The van der Waals surface area contributed by atoms with E-state index in [1.165, 1.54) is 0 Å². The third-order valence-corrected chi connectivity index (χ3v) is 4.00. The van der Waals surface area contributed by atoms with Crippen molar-refractivity contribution in [3.8, 4) is 0 Å². The number of rotatable bonds is 0. The molecule has 0 spiro atoms. The molecule has 0 aromatic rings. The van der Waals surface area contributed by atoms with E-state index in [0.29, 0.717) is 52.9 Å². The van der Waals surface area contributed by atoms with E-state index in [0.717, 1.165) is 25.7 Å². The molecule has 5 heterocycles. The number of hydrogen-bond acceptors (Lipinski definition) is 15. The Kier molecular flexibility index (Phi) is 19.2. The predicted octanol–water partition coefficient (Wildman–Crippen LogP) is -2.55. The largest absolute Gasteiger partial charge is 0.636 e. The van der Waals surface area contributed by atoms with E-state index in [1.54, 1.807) is 0 Å². The highest BCUT2D eigenvalue weighted by molar-refractivity contribution is 6.35. The first-order valence-electron chi connectivity index (χ1n) is 11.3. The molecule has 5 aliphatic rings. The molecule has 5 fully saturated rings. The molecule has 0 aromatic heterocycles. The number of hydrogen-bond donors (Lipinski definition) is 4.